The van der Waals surface area contributed by atoms with Crippen molar-refractivity contribution in [2.75, 3.05) is 26.8 Å². The molecular formula is C19H24N2O3. The van der Waals surface area contributed by atoms with Crippen LogP contribution >= 0.6 is 0 Å². The van der Waals surface area contributed by atoms with E-state index in [2.05, 4.69) is 0 Å². The second kappa shape index (κ2) is 7.43. The van der Waals surface area contributed by atoms with Gasteiger partial charge in [0.2, 0.25) is 0 Å². The Hall–Kier alpha value is -2.43. The lowest BCUT2D eigenvalue weighted by atomic mass is 9.98. The third-order valence-corrected chi connectivity index (χ3v) is 4.51. The molecule has 1 amide bonds. The number of hydrogen-bond acceptors (Lipinski definition) is 3. The molecule has 1 saturated heterocycles. The monoisotopic (exact) mass is 328 g/mol. The molecule has 24 heavy (non-hydrogen) atoms. The Morgan fingerprint density at radius 1 is 1.21 bits per heavy atom. The second-order valence-corrected chi connectivity index (χ2v) is 6.25. The highest BCUT2D eigenvalue weighted by Crippen LogP contribution is 2.22. The van der Waals surface area contributed by atoms with Gasteiger partial charge in [0.05, 0.1) is 13.7 Å². The number of benzene rings is 1. The average Bonchev–Trinajstić information content (AvgIpc) is 3.06. The Balaban J connectivity index is 1.55. The van der Waals surface area contributed by atoms with Gasteiger partial charge in [0.25, 0.3) is 5.91 Å². The molecule has 1 fully saturated rings. The number of rotatable bonds is 5. The average molecular weight is 328 g/mol. The van der Waals surface area contributed by atoms with E-state index < -0.39 is 0 Å². The number of aromatic nitrogens is 1. The first-order valence-corrected chi connectivity index (χ1v) is 8.35. The zero-order chi connectivity index (χ0) is 16.9. The first kappa shape index (κ1) is 16.4. The largest absolute Gasteiger partial charge is 0.497 e. The van der Waals surface area contributed by atoms with E-state index in [9.17, 15) is 4.79 Å². The fourth-order valence-electron chi connectivity index (χ4n) is 3.12. The van der Waals surface area contributed by atoms with Crippen molar-refractivity contribution in [2.45, 2.75) is 12.8 Å². The van der Waals surface area contributed by atoms with Crippen LogP contribution in [0.4, 0.5) is 0 Å². The summed E-state index contributed by atoms with van der Waals surface area (Å²) in [7, 11) is 3.55. The normalized spacial score (nSPS) is 17.6. The van der Waals surface area contributed by atoms with Crippen LogP contribution in [-0.2, 0) is 7.05 Å². The third kappa shape index (κ3) is 3.72. The van der Waals surface area contributed by atoms with Gasteiger partial charge >= 0.3 is 0 Å². The Kier molecular flexibility index (Phi) is 5.08. The smallest absolute Gasteiger partial charge is 0.270 e. The van der Waals surface area contributed by atoms with Gasteiger partial charge in [-0.1, -0.05) is 0 Å². The number of hydrogen-bond donors (Lipinski definition) is 0. The summed E-state index contributed by atoms with van der Waals surface area (Å²) in [6.45, 7) is 2.20. The number of ether oxygens (including phenoxy) is 2. The van der Waals surface area contributed by atoms with Gasteiger partial charge in [-0.3, -0.25) is 4.79 Å². The fraction of sp³-hybridized carbons (Fsp3) is 0.421. The van der Waals surface area contributed by atoms with Crippen LogP contribution in [0, 0.1) is 5.92 Å². The zero-order valence-electron chi connectivity index (χ0n) is 14.3. The summed E-state index contributed by atoms with van der Waals surface area (Å²) in [4.78, 5) is 14.6. The topological polar surface area (TPSA) is 43.7 Å². The molecule has 2 aromatic rings. The summed E-state index contributed by atoms with van der Waals surface area (Å²) in [5, 5.41) is 0. The Labute approximate surface area is 142 Å². The molecule has 0 radical (unpaired) electrons. The standard InChI is InChI=1S/C19H24N2O3/c1-20-11-4-6-18(20)19(22)21-12-3-5-15(13-21)14-24-17-9-7-16(23-2)8-10-17/h4,6-11,15H,3,5,12-14H2,1-2H3. The van der Waals surface area contributed by atoms with Crippen LogP contribution in [0.15, 0.2) is 42.6 Å². The molecule has 1 unspecified atom stereocenters. The molecule has 5 nitrogen and oxygen atoms in total. The summed E-state index contributed by atoms with van der Waals surface area (Å²) in [6.07, 6.45) is 4.02. The molecule has 1 aromatic heterocycles. The number of likely N-dealkylation sites (tertiary alicyclic amines) is 1. The molecule has 0 spiro atoms. The molecule has 0 N–H and O–H groups in total. The van der Waals surface area contributed by atoms with Crippen molar-refractivity contribution in [3.8, 4) is 11.5 Å². The number of methoxy groups -OCH3 is 1. The minimum Gasteiger partial charge on any atom is -0.497 e. The van der Waals surface area contributed by atoms with E-state index in [4.69, 9.17) is 9.47 Å². The lowest BCUT2D eigenvalue weighted by Crippen LogP contribution is -2.42. The Morgan fingerprint density at radius 3 is 2.62 bits per heavy atom. The van der Waals surface area contributed by atoms with E-state index in [1.165, 1.54) is 0 Å². The van der Waals surface area contributed by atoms with Gasteiger partial charge in [0.15, 0.2) is 0 Å². The summed E-state index contributed by atoms with van der Waals surface area (Å²) < 4.78 is 12.9. The predicted octanol–water partition coefficient (Wildman–Crippen LogP) is 2.96. The van der Waals surface area contributed by atoms with Crippen LogP contribution in [0.25, 0.3) is 0 Å². The van der Waals surface area contributed by atoms with Crippen LogP contribution in [0.2, 0.25) is 0 Å². The summed E-state index contributed by atoms with van der Waals surface area (Å²) in [5.74, 6) is 2.13. The molecule has 0 saturated carbocycles. The van der Waals surface area contributed by atoms with Crippen molar-refractivity contribution in [3.05, 3.63) is 48.3 Å². The number of aryl methyl sites for hydroxylation is 1. The maximum atomic E-state index is 12.6. The highest BCUT2D eigenvalue weighted by molar-refractivity contribution is 5.92. The number of nitrogens with zero attached hydrogens (tertiary/aromatic N) is 2. The van der Waals surface area contributed by atoms with Gasteiger partial charge in [-0.05, 0) is 49.2 Å². The van der Waals surface area contributed by atoms with Crippen LogP contribution < -0.4 is 9.47 Å². The van der Waals surface area contributed by atoms with Gasteiger partial charge in [-0.2, -0.15) is 0 Å². The number of carbonyl (C=O) groups excluding carboxylic acids is 1. The van der Waals surface area contributed by atoms with Crippen LogP contribution in [-0.4, -0.2) is 42.2 Å². The maximum absolute atomic E-state index is 12.6. The zero-order valence-corrected chi connectivity index (χ0v) is 14.3. The van der Waals surface area contributed by atoms with Crippen LogP contribution in [0.5, 0.6) is 11.5 Å². The molecule has 1 atom stereocenters. The molecule has 1 aliphatic rings. The number of carbonyl (C=O) groups is 1. The van der Waals surface area contributed by atoms with E-state index in [1.54, 1.807) is 7.11 Å². The van der Waals surface area contributed by atoms with Crippen molar-refractivity contribution < 1.29 is 14.3 Å². The molecule has 5 heteroatoms. The fourth-order valence-corrected chi connectivity index (χ4v) is 3.12. The van der Waals surface area contributed by atoms with Crippen molar-refractivity contribution in [2.24, 2.45) is 13.0 Å². The van der Waals surface area contributed by atoms with Crippen LogP contribution in [0.3, 0.4) is 0 Å². The highest BCUT2D eigenvalue weighted by atomic mass is 16.5. The second-order valence-electron chi connectivity index (χ2n) is 6.25. The molecule has 0 aliphatic carbocycles. The SMILES string of the molecule is COc1ccc(OCC2CCCN(C(=O)c3cccn3C)C2)cc1. The molecule has 0 bridgehead atoms. The van der Waals surface area contributed by atoms with Crippen molar-refractivity contribution in [1.29, 1.82) is 0 Å². The minimum absolute atomic E-state index is 0.108. The van der Waals surface area contributed by atoms with E-state index in [1.807, 2.05) is 59.1 Å². The molecule has 128 valence electrons. The summed E-state index contributed by atoms with van der Waals surface area (Å²) >= 11 is 0. The highest BCUT2D eigenvalue weighted by Gasteiger charge is 2.26. The maximum Gasteiger partial charge on any atom is 0.270 e. The minimum atomic E-state index is 0.108. The van der Waals surface area contributed by atoms with E-state index in [-0.39, 0.29) is 5.91 Å². The third-order valence-electron chi connectivity index (χ3n) is 4.51. The Bertz CT molecular complexity index is 678. The number of piperidine rings is 1. The molecule has 2 heterocycles. The van der Waals surface area contributed by atoms with Crippen molar-refractivity contribution in [3.63, 3.8) is 0 Å². The van der Waals surface area contributed by atoms with E-state index >= 15 is 0 Å². The van der Waals surface area contributed by atoms with Crippen molar-refractivity contribution >= 4 is 5.91 Å². The van der Waals surface area contributed by atoms with Gasteiger partial charge in [0, 0.05) is 32.3 Å². The predicted molar refractivity (Wildman–Crippen MR) is 92.5 cm³/mol. The molecular weight excluding hydrogens is 304 g/mol. The van der Waals surface area contributed by atoms with Gasteiger partial charge in [0.1, 0.15) is 17.2 Å². The van der Waals surface area contributed by atoms with Crippen molar-refractivity contribution in [1.82, 2.24) is 9.47 Å². The molecule has 3 rings (SSSR count). The van der Waals surface area contributed by atoms with E-state index in [0.717, 1.165) is 43.1 Å². The van der Waals surface area contributed by atoms with Gasteiger partial charge in [-0.25, -0.2) is 0 Å². The first-order valence-electron chi connectivity index (χ1n) is 8.35. The summed E-state index contributed by atoms with van der Waals surface area (Å²) in [6, 6.07) is 11.4. The Morgan fingerprint density at radius 2 is 1.96 bits per heavy atom. The summed E-state index contributed by atoms with van der Waals surface area (Å²) in [5.41, 5.74) is 0.742. The molecule has 1 aromatic carbocycles. The van der Waals surface area contributed by atoms with Gasteiger partial charge in [-0.15, -0.1) is 0 Å². The molecule has 1 aliphatic heterocycles. The lowest BCUT2D eigenvalue weighted by molar-refractivity contribution is 0.0624. The number of amides is 1. The quantitative estimate of drug-likeness (QED) is 0.847. The lowest BCUT2D eigenvalue weighted by Gasteiger charge is -2.32. The first-order chi connectivity index (χ1) is 11.7. The van der Waals surface area contributed by atoms with E-state index in [0.29, 0.717) is 12.5 Å². The van der Waals surface area contributed by atoms with Gasteiger partial charge < -0.3 is 18.9 Å². The van der Waals surface area contributed by atoms with Crippen LogP contribution in [0.1, 0.15) is 23.3 Å².